The zero-order chi connectivity index (χ0) is 10.7. The lowest BCUT2D eigenvalue weighted by molar-refractivity contribution is 0.132. The summed E-state index contributed by atoms with van der Waals surface area (Å²) in [5.74, 6) is 0. The van der Waals surface area contributed by atoms with Crippen LogP contribution in [0.2, 0.25) is 0 Å². The van der Waals surface area contributed by atoms with Crippen LogP contribution < -0.4 is 5.32 Å². The molecule has 1 fully saturated rings. The number of ether oxygens (including phenoxy) is 1. The topological polar surface area (TPSA) is 38.3 Å². The van der Waals surface area contributed by atoms with Gasteiger partial charge in [0.1, 0.15) is 6.10 Å². The summed E-state index contributed by atoms with van der Waals surface area (Å²) in [6.45, 7) is 3.67. The molecule has 1 aliphatic rings. The average molecular weight is 203 g/mol. The second kappa shape index (κ2) is 4.17. The van der Waals surface area contributed by atoms with E-state index in [0.29, 0.717) is 6.42 Å². The van der Waals surface area contributed by atoms with Gasteiger partial charge in [-0.1, -0.05) is 36.4 Å². The van der Waals surface area contributed by atoms with Crippen molar-refractivity contribution in [3.05, 3.63) is 48.6 Å². The Bertz CT molecular complexity index is 361. The number of hydrogen-bond donors (Lipinski definition) is 1. The van der Waals surface area contributed by atoms with Crippen molar-refractivity contribution in [1.29, 1.82) is 0 Å². The highest BCUT2D eigenvalue weighted by atomic mass is 16.6. The molecule has 1 aromatic carbocycles. The maximum Gasteiger partial charge on any atom is 0.408 e. The second-order valence-corrected chi connectivity index (χ2v) is 3.51. The van der Waals surface area contributed by atoms with Gasteiger partial charge in [0.2, 0.25) is 0 Å². The quantitative estimate of drug-likeness (QED) is 0.766. The number of hydrogen-bond acceptors (Lipinski definition) is 2. The second-order valence-electron chi connectivity index (χ2n) is 3.51. The molecule has 1 aromatic rings. The molecule has 0 radical (unpaired) electrons. The minimum Gasteiger partial charge on any atom is -0.439 e. The Labute approximate surface area is 88.8 Å². The number of carbonyl (C=O) groups is 1. The zero-order valence-corrected chi connectivity index (χ0v) is 8.35. The fraction of sp³-hybridized carbons (Fsp3) is 0.250. The zero-order valence-electron chi connectivity index (χ0n) is 8.35. The summed E-state index contributed by atoms with van der Waals surface area (Å²) in [5, 5.41) is 2.77. The summed E-state index contributed by atoms with van der Waals surface area (Å²) in [6.07, 6.45) is 1.95. The van der Waals surface area contributed by atoms with Crippen molar-refractivity contribution < 1.29 is 9.53 Å². The standard InChI is InChI=1S/C12H13NO2/c1-2-6-10-11(15-12(14)13-10)9-7-4-3-5-8-9/h2-5,7-8,10-11H,1,6H2,(H,13,14)/t10-,11-/m1/s1. The van der Waals surface area contributed by atoms with E-state index in [1.807, 2.05) is 30.3 Å². The third kappa shape index (κ3) is 2.01. The molecule has 1 aliphatic heterocycles. The summed E-state index contributed by atoms with van der Waals surface area (Å²) in [7, 11) is 0. The van der Waals surface area contributed by atoms with Gasteiger partial charge in [0.15, 0.2) is 0 Å². The summed E-state index contributed by atoms with van der Waals surface area (Å²) in [6, 6.07) is 9.73. The Morgan fingerprint density at radius 1 is 1.40 bits per heavy atom. The van der Waals surface area contributed by atoms with Gasteiger partial charge in [-0.2, -0.15) is 0 Å². The fourth-order valence-corrected chi connectivity index (χ4v) is 1.76. The predicted octanol–water partition coefficient (Wildman–Crippen LogP) is 2.41. The van der Waals surface area contributed by atoms with Crippen LogP contribution in [0.3, 0.4) is 0 Å². The third-order valence-corrected chi connectivity index (χ3v) is 2.45. The van der Waals surface area contributed by atoms with Crippen LogP contribution in [0.4, 0.5) is 4.79 Å². The molecule has 0 aromatic heterocycles. The highest BCUT2D eigenvalue weighted by molar-refractivity contribution is 5.70. The van der Waals surface area contributed by atoms with Crippen molar-refractivity contribution in [3.8, 4) is 0 Å². The first kappa shape index (κ1) is 9.77. The van der Waals surface area contributed by atoms with Crippen molar-refractivity contribution in [2.24, 2.45) is 0 Å². The molecule has 1 saturated heterocycles. The summed E-state index contributed by atoms with van der Waals surface area (Å²) < 4.78 is 5.21. The highest BCUT2D eigenvalue weighted by Crippen LogP contribution is 2.27. The Morgan fingerprint density at radius 2 is 2.13 bits per heavy atom. The van der Waals surface area contributed by atoms with Gasteiger partial charge in [-0.25, -0.2) is 4.79 Å². The first-order chi connectivity index (χ1) is 7.31. The smallest absolute Gasteiger partial charge is 0.408 e. The van der Waals surface area contributed by atoms with Crippen LogP contribution in [-0.2, 0) is 4.74 Å². The normalized spacial score (nSPS) is 24.4. The van der Waals surface area contributed by atoms with Crippen molar-refractivity contribution in [2.75, 3.05) is 0 Å². The molecule has 15 heavy (non-hydrogen) atoms. The Hall–Kier alpha value is -1.77. The van der Waals surface area contributed by atoms with Gasteiger partial charge >= 0.3 is 6.09 Å². The molecule has 0 spiro atoms. The Balaban J connectivity index is 2.20. The van der Waals surface area contributed by atoms with E-state index in [2.05, 4.69) is 11.9 Å². The van der Waals surface area contributed by atoms with Gasteiger partial charge < -0.3 is 10.1 Å². The van der Waals surface area contributed by atoms with E-state index in [1.54, 1.807) is 6.08 Å². The highest BCUT2D eigenvalue weighted by Gasteiger charge is 2.33. The van der Waals surface area contributed by atoms with E-state index in [-0.39, 0.29) is 18.2 Å². The molecule has 3 nitrogen and oxygen atoms in total. The van der Waals surface area contributed by atoms with E-state index >= 15 is 0 Å². The molecule has 0 bridgehead atoms. The van der Waals surface area contributed by atoms with Crippen LogP contribution >= 0.6 is 0 Å². The van der Waals surface area contributed by atoms with Crippen molar-refractivity contribution >= 4 is 6.09 Å². The molecule has 0 unspecified atom stereocenters. The Kier molecular flexibility index (Phi) is 2.72. The van der Waals surface area contributed by atoms with Crippen LogP contribution in [0.1, 0.15) is 18.1 Å². The van der Waals surface area contributed by atoms with Crippen LogP contribution in [0.25, 0.3) is 0 Å². The molecule has 0 aliphatic carbocycles. The maximum absolute atomic E-state index is 11.1. The number of carbonyl (C=O) groups excluding carboxylic acids is 1. The number of amides is 1. The number of cyclic esters (lactones) is 1. The lowest BCUT2D eigenvalue weighted by atomic mass is 10.0. The lowest BCUT2D eigenvalue weighted by Crippen LogP contribution is -2.26. The molecular formula is C12H13NO2. The van der Waals surface area contributed by atoms with Crippen LogP contribution in [0.5, 0.6) is 0 Å². The molecule has 2 atom stereocenters. The van der Waals surface area contributed by atoms with Crippen LogP contribution in [-0.4, -0.2) is 12.1 Å². The van der Waals surface area contributed by atoms with E-state index < -0.39 is 0 Å². The molecule has 2 rings (SSSR count). The van der Waals surface area contributed by atoms with Crippen LogP contribution in [0.15, 0.2) is 43.0 Å². The van der Waals surface area contributed by atoms with Gasteiger partial charge in [-0.3, -0.25) is 0 Å². The fourth-order valence-electron chi connectivity index (χ4n) is 1.76. The van der Waals surface area contributed by atoms with Crippen molar-refractivity contribution in [2.45, 2.75) is 18.6 Å². The van der Waals surface area contributed by atoms with Gasteiger partial charge in [-0.15, -0.1) is 6.58 Å². The van der Waals surface area contributed by atoms with Crippen LogP contribution in [0, 0.1) is 0 Å². The number of nitrogens with one attached hydrogen (secondary N) is 1. The van der Waals surface area contributed by atoms with E-state index in [4.69, 9.17) is 4.74 Å². The molecule has 1 heterocycles. The lowest BCUT2D eigenvalue weighted by Gasteiger charge is -2.15. The van der Waals surface area contributed by atoms with E-state index in [9.17, 15) is 4.79 Å². The number of alkyl carbamates (subject to hydrolysis) is 1. The van der Waals surface area contributed by atoms with Crippen molar-refractivity contribution in [3.63, 3.8) is 0 Å². The molecule has 1 amide bonds. The van der Waals surface area contributed by atoms with Gasteiger partial charge in [0.05, 0.1) is 6.04 Å². The third-order valence-electron chi connectivity index (χ3n) is 2.45. The molecule has 78 valence electrons. The van der Waals surface area contributed by atoms with Crippen molar-refractivity contribution in [1.82, 2.24) is 5.32 Å². The average Bonchev–Trinajstić information content (AvgIpc) is 2.62. The van der Waals surface area contributed by atoms with Gasteiger partial charge in [-0.05, 0) is 12.0 Å². The molecule has 1 N–H and O–H groups in total. The predicted molar refractivity (Wildman–Crippen MR) is 57.4 cm³/mol. The van der Waals surface area contributed by atoms with Gasteiger partial charge in [0, 0.05) is 0 Å². The van der Waals surface area contributed by atoms with Gasteiger partial charge in [0.25, 0.3) is 0 Å². The minimum atomic E-state index is -0.351. The monoisotopic (exact) mass is 203 g/mol. The Morgan fingerprint density at radius 3 is 2.80 bits per heavy atom. The number of rotatable bonds is 3. The molecule has 0 saturated carbocycles. The molecular weight excluding hydrogens is 190 g/mol. The summed E-state index contributed by atoms with van der Waals surface area (Å²) in [5.41, 5.74) is 1.02. The first-order valence-electron chi connectivity index (χ1n) is 4.94. The molecule has 3 heteroatoms. The number of benzene rings is 1. The maximum atomic E-state index is 11.1. The first-order valence-corrected chi connectivity index (χ1v) is 4.94. The SMILES string of the molecule is C=CC[C@H]1NC(=O)O[C@@H]1c1ccccc1. The summed E-state index contributed by atoms with van der Waals surface area (Å²) >= 11 is 0. The summed E-state index contributed by atoms with van der Waals surface area (Å²) in [4.78, 5) is 11.1. The minimum absolute atomic E-state index is 0.00241. The largest absolute Gasteiger partial charge is 0.439 e. The van der Waals surface area contributed by atoms with E-state index in [0.717, 1.165) is 5.56 Å². The van der Waals surface area contributed by atoms with E-state index in [1.165, 1.54) is 0 Å².